The Bertz CT molecular complexity index is 1670. The number of aliphatic hydroxyl groups excluding tert-OH is 1. The smallest absolute Gasteiger partial charge is 0.435 e. The Morgan fingerprint density at radius 3 is 1.96 bits per heavy atom. The fourth-order valence-corrected chi connectivity index (χ4v) is 10.7. The van der Waals surface area contributed by atoms with Crippen molar-refractivity contribution in [3.63, 3.8) is 0 Å². The first kappa shape index (κ1) is 33.3. The van der Waals surface area contributed by atoms with Crippen LogP contribution in [0.25, 0.3) is 0 Å². The third kappa shape index (κ3) is 4.45. The normalized spacial score (nSPS) is 29.6. The summed E-state index contributed by atoms with van der Waals surface area (Å²) in [4.78, 5) is 15.6. The van der Waals surface area contributed by atoms with Gasteiger partial charge in [-0.3, -0.25) is 4.79 Å². The lowest BCUT2D eigenvalue weighted by molar-refractivity contribution is -0.348. The Labute approximate surface area is 274 Å². The second kappa shape index (κ2) is 10.5. The number of ether oxygens (including phenoxy) is 1. The van der Waals surface area contributed by atoms with Crippen molar-refractivity contribution in [3.8, 4) is 5.75 Å². The molecule has 2 aliphatic heterocycles. The summed E-state index contributed by atoms with van der Waals surface area (Å²) in [5.74, 6) is -0.871. The molecular formula is C31H29F7INO5S. The summed E-state index contributed by atoms with van der Waals surface area (Å²) in [5.41, 5.74) is -9.10. The van der Waals surface area contributed by atoms with Crippen LogP contribution in [0, 0.1) is 14.4 Å². The van der Waals surface area contributed by atoms with Crippen LogP contribution in [0.3, 0.4) is 0 Å². The highest BCUT2D eigenvalue weighted by molar-refractivity contribution is 14.1. The molecule has 2 aromatic rings. The highest BCUT2D eigenvalue weighted by atomic mass is 127. The zero-order chi connectivity index (χ0) is 33.7. The lowest BCUT2D eigenvalue weighted by Crippen LogP contribution is -2.59. The average molecular weight is 788 g/mol. The number of carbonyl (C=O) groups excluding carboxylic acids is 1. The molecule has 1 amide bonds. The van der Waals surface area contributed by atoms with Gasteiger partial charge in [0.15, 0.2) is 9.84 Å². The minimum Gasteiger partial charge on any atom is -0.512 e. The number of halogens is 8. The molecule has 5 aliphatic rings. The van der Waals surface area contributed by atoms with Gasteiger partial charge in [0.1, 0.15) is 17.1 Å². The predicted molar refractivity (Wildman–Crippen MR) is 159 cm³/mol. The number of hydrogen-bond donors (Lipinski definition) is 1. The lowest BCUT2D eigenvalue weighted by Gasteiger charge is -2.53. The van der Waals surface area contributed by atoms with E-state index in [0.29, 0.717) is 48.2 Å². The highest BCUT2D eigenvalue weighted by Crippen LogP contribution is 2.62. The number of sulfone groups is 1. The summed E-state index contributed by atoms with van der Waals surface area (Å²) >= 11 is 1.98. The van der Waals surface area contributed by atoms with Crippen LogP contribution in [-0.4, -0.2) is 55.9 Å². The predicted octanol–water partition coefficient (Wildman–Crippen LogP) is 7.66. The Morgan fingerprint density at radius 1 is 0.891 bits per heavy atom. The molecule has 1 N–H and O–H groups in total. The van der Waals surface area contributed by atoms with Gasteiger partial charge in [0, 0.05) is 32.1 Å². The van der Waals surface area contributed by atoms with Crippen molar-refractivity contribution in [2.45, 2.75) is 78.7 Å². The molecule has 0 aromatic heterocycles. The second-order valence-corrected chi connectivity index (χ2v) is 16.2. The van der Waals surface area contributed by atoms with E-state index >= 15 is 4.39 Å². The molecule has 1 saturated heterocycles. The van der Waals surface area contributed by atoms with Crippen molar-refractivity contribution in [1.82, 2.24) is 4.90 Å². The lowest BCUT2D eigenvalue weighted by atomic mass is 9.53. The van der Waals surface area contributed by atoms with Crippen LogP contribution < -0.4 is 4.74 Å². The van der Waals surface area contributed by atoms with E-state index in [1.165, 1.54) is 29.2 Å². The van der Waals surface area contributed by atoms with Gasteiger partial charge in [-0.1, -0.05) is 18.7 Å². The third-order valence-corrected chi connectivity index (χ3v) is 14.1. The van der Waals surface area contributed by atoms with Gasteiger partial charge in [0.2, 0.25) is 5.91 Å². The molecule has 6 nitrogen and oxygen atoms in total. The van der Waals surface area contributed by atoms with Gasteiger partial charge in [-0.25, -0.2) is 12.8 Å². The Balaban J connectivity index is 1.47. The van der Waals surface area contributed by atoms with Crippen molar-refractivity contribution in [3.05, 3.63) is 69.5 Å². The summed E-state index contributed by atoms with van der Waals surface area (Å²) in [7, 11) is -4.49. The molecule has 250 valence electrons. The number of alkyl halides is 7. The number of hydrogen-bond acceptors (Lipinski definition) is 5. The van der Waals surface area contributed by atoms with Crippen LogP contribution >= 0.6 is 22.6 Å². The molecule has 2 bridgehead atoms. The van der Waals surface area contributed by atoms with Crippen molar-refractivity contribution in [1.29, 1.82) is 0 Å². The summed E-state index contributed by atoms with van der Waals surface area (Å²) in [6.07, 6.45) is -10.1. The second-order valence-electron chi connectivity index (χ2n) is 12.8. The quantitative estimate of drug-likeness (QED) is 0.191. The van der Waals surface area contributed by atoms with E-state index < -0.39 is 67.4 Å². The summed E-state index contributed by atoms with van der Waals surface area (Å²) in [6, 6.07) is 5.90. The van der Waals surface area contributed by atoms with Crippen molar-refractivity contribution in [2.24, 2.45) is 10.8 Å². The first-order valence-corrected chi connectivity index (χ1v) is 17.1. The fraction of sp³-hybridized carbons (Fsp3) is 0.516. The largest absolute Gasteiger partial charge is 0.512 e. The minimum absolute atomic E-state index is 0.0713. The van der Waals surface area contributed by atoms with Gasteiger partial charge in [0.05, 0.1) is 16.7 Å². The number of carbonyl (C=O) groups is 1. The van der Waals surface area contributed by atoms with Gasteiger partial charge in [-0.05, 0) is 97.9 Å². The van der Waals surface area contributed by atoms with E-state index in [4.69, 9.17) is 4.74 Å². The van der Waals surface area contributed by atoms with Crippen LogP contribution in [0.1, 0.15) is 56.1 Å². The van der Waals surface area contributed by atoms with Gasteiger partial charge < -0.3 is 14.7 Å². The number of fused-ring (bicyclic) bond motifs is 6. The molecule has 7 rings (SSSR count). The first-order chi connectivity index (χ1) is 21.3. The topological polar surface area (TPSA) is 83.9 Å². The van der Waals surface area contributed by atoms with Crippen molar-refractivity contribution in [2.75, 3.05) is 13.2 Å². The maximum atomic E-state index is 15.0. The average Bonchev–Trinajstić information content (AvgIpc) is 3.41. The maximum Gasteiger partial charge on any atom is 0.435 e. The molecule has 0 radical (unpaired) electrons. The number of amides is 1. The van der Waals surface area contributed by atoms with Crippen LogP contribution in [-0.2, 0) is 25.0 Å². The van der Waals surface area contributed by atoms with Gasteiger partial charge in [0.25, 0.3) is 0 Å². The van der Waals surface area contributed by atoms with Crippen molar-refractivity contribution >= 4 is 38.3 Å². The standard InChI is InChI=1S/C31H29F7INO5S/c1-18(41)26-8-11-27(12-9-26,13-10-26)25(42)40-15-14-28(46(43,44)21-5-3-20(39)4-6-21)22-7-2-19(16-23(22)45-17-24(28)40)29(32,30(33,34)35)31(36,37)38/h2-7,16,24,41H,1,8-15,17H2. The Hall–Kier alpha value is -2.56. The summed E-state index contributed by atoms with van der Waals surface area (Å²) in [5, 5.41) is 10.2. The van der Waals surface area contributed by atoms with Crippen LogP contribution in [0.15, 0.2) is 59.7 Å². The molecule has 4 fully saturated rings. The highest BCUT2D eigenvalue weighted by Gasteiger charge is 2.74. The Kier molecular flexibility index (Phi) is 7.59. The molecule has 2 atom stereocenters. The molecule has 2 aromatic carbocycles. The zero-order valence-electron chi connectivity index (χ0n) is 24.1. The number of likely N-dealkylation sites (tertiary alicyclic amines) is 1. The number of allylic oxidation sites excluding steroid dienone is 1. The van der Waals surface area contributed by atoms with Crippen LogP contribution in [0.5, 0.6) is 5.75 Å². The van der Waals surface area contributed by atoms with E-state index in [9.17, 15) is 44.7 Å². The minimum atomic E-state index is -6.38. The van der Waals surface area contributed by atoms with Crippen molar-refractivity contribution < 1.29 is 53.8 Å². The fourth-order valence-electron chi connectivity index (χ4n) is 8.03. The molecule has 2 unspecified atom stereocenters. The molecule has 2 heterocycles. The number of benzene rings is 2. The Morgan fingerprint density at radius 2 is 1.43 bits per heavy atom. The SMILES string of the molecule is C=C(O)C12CCC(C(=O)N3CCC4(S(=O)(=O)c5ccc(I)cc5)c5ccc(C(F)(C(F)(F)F)C(F)(F)F)cc5OCC34)(CC1)CC2. The monoisotopic (exact) mass is 787 g/mol. The molecule has 3 aliphatic carbocycles. The van der Waals surface area contributed by atoms with Crippen LogP contribution in [0.2, 0.25) is 0 Å². The van der Waals surface area contributed by atoms with Gasteiger partial charge in [-0.2, -0.15) is 26.3 Å². The molecule has 15 heteroatoms. The molecule has 46 heavy (non-hydrogen) atoms. The number of nitrogens with zero attached hydrogens (tertiary/aromatic N) is 1. The molecule has 3 saturated carbocycles. The zero-order valence-corrected chi connectivity index (χ0v) is 27.1. The van der Waals surface area contributed by atoms with E-state index in [0.717, 1.165) is 6.07 Å². The van der Waals surface area contributed by atoms with E-state index in [1.807, 2.05) is 22.6 Å². The summed E-state index contributed by atoms with van der Waals surface area (Å²) < 4.78 is 130. The van der Waals surface area contributed by atoms with Gasteiger partial charge in [-0.15, -0.1) is 0 Å². The van der Waals surface area contributed by atoms with E-state index in [2.05, 4.69) is 6.58 Å². The first-order valence-electron chi connectivity index (χ1n) is 14.6. The number of aliphatic hydroxyl groups is 1. The third-order valence-electron chi connectivity index (χ3n) is 10.8. The molecular weight excluding hydrogens is 758 g/mol. The van der Waals surface area contributed by atoms with Crippen LogP contribution in [0.4, 0.5) is 30.7 Å². The summed E-state index contributed by atoms with van der Waals surface area (Å²) in [6.45, 7) is 3.08. The van der Waals surface area contributed by atoms with Gasteiger partial charge >= 0.3 is 18.0 Å². The maximum absolute atomic E-state index is 15.0. The molecule has 0 spiro atoms. The van der Waals surface area contributed by atoms with E-state index in [1.54, 1.807) is 0 Å². The van der Waals surface area contributed by atoms with E-state index in [-0.39, 0.29) is 41.2 Å². The number of rotatable bonds is 5.